The van der Waals surface area contributed by atoms with Gasteiger partial charge in [0.25, 0.3) is 0 Å². The van der Waals surface area contributed by atoms with Crippen molar-refractivity contribution >= 4 is 49.8 Å². The Morgan fingerprint density at radius 1 is 0.444 bits per heavy atom. The summed E-state index contributed by atoms with van der Waals surface area (Å²) < 4.78 is 9.50. The molecule has 0 saturated carbocycles. The highest BCUT2D eigenvalue weighted by atomic mass is 16.3. The van der Waals surface area contributed by atoms with E-state index in [1.54, 1.807) is 0 Å². The van der Waals surface area contributed by atoms with Crippen LogP contribution in [-0.4, -0.2) is 4.57 Å². The first kappa shape index (κ1) is 29.5. The van der Waals surface area contributed by atoms with Gasteiger partial charge in [-0.3, -0.25) is 0 Å². The van der Waals surface area contributed by atoms with Crippen LogP contribution in [-0.2, 0) is 5.41 Å². The van der Waals surface area contributed by atoms with E-state index in [-0.39, 0.29) is 0 Å². The summed E-state index contributed by atoms with van der Waals surface area (Å²) in [5, 5.41) is 3.59. The van der Waals surface area contributed by atoms with Crippen molar-refractivity contribution in [3.63, 3.8) is 0 Å². The maximum absolute atomic E-state index is 7.12. The van der Waals surface area contributed by atoms with E-state index in [9.17, 15) is 0 Å². The Hall–Kier alpha value is -7.10. The number of furan rings is 1. The van der Waals surface area contributed by atoms with Gasteiger partial charge >= 0.3 is 0 Å². The summed E-state index contributed by atoms with van der Waals surface area (Å²) in [5.41, 5.74) is 15.8. The molecule has 0 fully saturated rings. The van der Waals surface area contributed by atoms with Crippen molar-refractivity contribution in [3.05, 3.63) is 217 Å². The third kappa shape index (κ3) is 3.75. The molecule has 0 amide bonds. The van der Waals surface area contributed by atoms with E-state index in [0.29, 0.717) is 0 Å². The van der Waals surface area contributed by atoms with Gasteiger partial charge in [-0.2, -0.15) is 0 Å². The molecule has 0 N–H and O–H groups in total. The van der Waals surface area contributed by atoms with Gasteiger partial charge in [0.1, 0.15) is 16.8 Å². The van der Waals surface area contributed by atoms with Crippen LogP contribution in [0.5, 0.6) is 0 Å². The largest absolute Gasteiger partial charge is 0.459 e. The number of aromatic nitrogens is 1. The second kappa shape index (κ2) is 11.0. The third-order valence-corrected chi connectivity index (χ3v) is 11.8. The van der Waals surface area contributed by atoms with Gasteiger partial charge in [-0.1, -0.05) is 133 Å². The summed E-state index contributed by atoms with van der Waals surface area (Å²) in [4.78, 5) is 2.46. The molecule has 1 spiro atoms. The number of rotatable bonds is 4. The number of hydrogen-bond acceptors (Lipinski definition) is 2. The van der Waals surface area contributed by atoms with Gasteiger partial charge in [0, 0.05) is 44.3 Å². The highest BCUT2D eigenvalue weighted by Crippen LogP contribution is 2.66. The van der Waals surface area contributed by atoms with Crippen molar-refractivity contribution in [3.8, 4) is 27.9 Å². The van der Waals surface area contributed by atoms with Crippen molar-refractivity contribution < 1.29 is 4.42 Å². The summed E-state index contributed by atoms with van der Waals surface area (Å²) in [6.45, 7) is 0. The minimum absolute atomic E-state index is 0.659. The SMILES string of the molecule is c1ccc(N(c2ccc3c(c2)c2ccccc2n3-c2ccccc2)c2cccc3c2C2(c4ccccc4-3)c3ccccc3-c3c2oc2ccccc32)cc1. The number of anilines is 3. The van der Waals surface area contributed by atoms with Crippen LogP contribution in [0.3, 0.4) is 0 Å². The molecule has 3 heteroatoms. The van der Waals surface area contributed by atoms with E-state index in [2.05, 4.69) is 204 Å². The number of nitrogens with zero attached hydrogens (tertiary/aromatic N) is 2. The van der Waals surface area contributed by atoms with E-state index >= 15 is 0 Å². The lowest BCUT2D eigenvalue weighted by atomic mass is 9.72. The van der Waals surface area contributed by atoms with Gasteiger partial charge in [-0.05, 0) is 88.5 Å². The first-order chi connectivity index (χ1) is 26.8. The lowest BCUT2D eigenvalue weighted by Crippen LogP contribution is -2.28. The first-order valence-electron chi connectivity index (χ1n) is 18.6. The molecule has 10 aromatic rings. The second-order valence-electron chi connectivity index (χ2n) is 14.4. The van der Waals surface area contributed by atoms with E-state index in [1.807, 2.05) is 0 Å². The summed E-state index contributed by atoms with van der Waals surface area (Å²) in [5.74, 6) is 0.998. The fourth-order valence-corrected chi connectivity index (χ4v) is 9.73. The highest BCUT2D eigenvalue weighted by molar-refractivity contribution is 6.11. The Kier molecular flexibility index (Phi) is 5.98. The van der Waals surface area contributed by atoms with E-state index in [0.717, 1.165) is 39.5 Å². The molecule has 252 valence electrons. The molecule has 12 rings (SSSR count). The molecular weight excluding hydrogens is 657 g/mol. The Labute approximate surface area is 312 Å². The lowest BCUT2D eigenvalue weighted by molar-refractivity contribution is 0.507. The van der Waals surface area contributed by atoms with Crippen molar-refractivity contribution in [1.82, 2.24) is 4.57 Å². The zero-order valence-corrected chi connectivity index (χ0v) is 29.3. The van der Waals surface area contributed by atoms with Gasteiger partial charge in [0.05, 0.1) is 16.7 Å². The molecule has 0 saturated heterocycles. The van der Waals surface area contributed by atoms with E-state index < -0.39 is 5.41 Å². The molecule has 1 atom stereocenters. The summed E-state index contributed by atoms with van der Waals surface area (Å²) >= 11 is 0. The molecule has 3 nitrogen and oxygen atoms in total. The molecule has 0 aliphatic heterocycles. The molecule has 2 aromatic heterocycles. The van der Waals surface area contributed by atoms with Crippen LogP contribution in [0.1, 0.15) is 22.5 Å². The quantitative estimate of drug-likeness (QED) is 0.184. The monoisotopic (exact) mass is 688 g/mol. The second-order valence-corrected chi connectivity index (χ2v) is 14.4. The number of para-hydroxylation sites is 4. The van der Waals surface area contributed by atoms with Crippen LogP contribution in [0.15, 0.2) is 199 Å². The molecule has 0 bridgehead atoms. The molecule has 0 radical (unpaired) electrons. The van der Waals surface area contributed by atoms with Gasteiger partial charge in [-0.25, -0.2) is 0 Å². The molecule has 1 unspecified atom stereocenters. The Bertz CT molecular complexity index is 3120. The predicted molar refractivity (Wildman–Crippen MR) is 222 cm³/mol. The standard InChI is InChI=1S/C51H32N2O/c1-3-16-33(17-4-1)52(35-30-31-45-41(32-35)37-21-9-13-27-44(37)53(45)34-18-5-2-6-19-34)46-28-15-24-38-36-20-7-11-25-42(36)51(49(38)46)43-26-12-8-22-39(43)48-40-23-10-14-29-47(40)54-50(48)51/h1-32H. The van der Waals surface area contributed by atoms with Crippen LogP contribution in [0.25, 0.3) is 60.7 Å². The van der Waals surface area contributed by atoms with Crippen LogP contribution in [0.4, 0.5) is 17.1 Å². The fraction of sp³-hybridized carbons (Fsp3) is 0.0196. The van der Waals surface area contributed by atoms with Crippen molar-refractivity contribution in [2.45, 2.75) is 5.41 Å². The third-order valence-electron chi connectivity index (χ3n) is 11.8. The maximum atomic E-state index is 7.12. The summed E-state index contributed by atoms with van der Waals surface area (Å²) in [6.07, 6.45) is 0. The van der Waals surface area contributed by atoms with Crippen LogP contribution < -0.4 is 4.90 Å². The van der Waals surface area contributed by atoms with Gasteiger partial charge in [-0.15, -0.1) is 0 Å². The molecular formula is C51H32N2O. The Balaban J connectivity index is 1.19. The minimum atomic E-state index is -0.659. The molecule has 54 heavy (non-hydrogen) atoms. The lowest BCUT2D eigenvalue weighted by Gasteiger charge is -2.34. The maximum Gasteiger partial charge on any atom is 0.135 e. The molecule has 8 aromatic carbocycles. The fourth-order valence-electron chi connectivity index (χ4n) is 9.73. The van der Waals surface area contributed by atoms with Gasteiger partial charge in [0.15, 0.2) is 0 Å². The van der Waals surface area contributed by atoms with Gasteiger partial charge in [0.2, 0.25) is 0 Å². The molecule has 2 aliphatic rings. The van der Waals surface area contributed by atoms with Crippen molar-refractivity contribution in [2.75, 3.05) is 4.90 Å². The van der Waals surface area contributed by atoms with Crippen molar-refractivity contribution in [1.29, 1.82) is 0 Å². The predicted octanol–water partition coefficient (Wildman–Crippen LogP) is 13.3. The number of fused-ring (bicyclic) bond motifs is 15. The molecule has 2 aliphatic carbocycles. The average Bonchev–Trinajstić information content (AvgIpc) is 3.95. The minimum Gasteiger partial charge on any atom is -0.459 e. The van der Waals surface area contributed by atoms with Crippen LogP contribution in [0, 0.1) is 0 Å². The number of hydrogen-bond donors (Lipinski definition) is 0. The smallest absolute Gasteiger partial charge is 0.135 e. The topological polar surface area (TPSA) is 21.3 Å². The van der Waals surface area contributed by atoms with Crippen LogP contribution >= 0.6 is 0 Å². The van der Waals surface area contributed by atoms with E-state index in [1.165, 1.54) is 60.8 Å². The van der Waals surface area contributed by atoms with Crippen LogP contribution in [0.2, 0.25) is 0 Å². The van der Waals surface area contributed by atoms with Gasteiger partial charge < -0.3 is 13.9 Å². The summed E-state index contributed by atoms with van der Waals surface area (Å²) in [6, 6.07) is 70.4. The highest BCUT2D eigenvalue weighted by Gasteiger charge is 2.56. The summed E-state index contributed by atoms with van der Waals surface area (Å²) in [7, 11) is 0. The normalized spacial score (nSPS) is 15.1. The van der Waals surface area contributed by atoms with Crippen molar-refractivity contribution in [2.24, 2.45) is 0 Å². The Morgan fingerprint density at radius 2 is 1.07 bits per heavy atom. The first-order valence-corrected chi connectivity index (χ1v) is 18.6. The average molecular weight is 689 g/mol. The zero-order chi connectivity index (χ0) is 35.4. The zero-order valence-electron chi connectivity index (χ0n) is 29.3. The number of benzene rings is 8. The Morgan fingerprint density at radius 3 is 1.91 bits per heavy atom. The molecule has 2 heterocycles. The van der Waals surface area contributed by atoms with E-state index in [4.69, 9.17) is 4.42 Å².